The van der Waals surface area contributed by atoms with Crippen LogP contribution in [0.5, 0.6) is 0 Å². The molecule has 1 unspecified atom stereocenters. The molecule has 38 heavy (non-hydrogen) atoms. The van der Waals surface area contributed by atoms with Gasteiger partial charge < -0.3 is 24.6 Å². The van der Waals surface area contributed by atoms with Crippen molar-refractivity contribution >= 4 is 41.9 Å². The van der Waals surface area contributed by atoms with Crippen molar-refractivity contribution < 1.29 is 18.7 Å². The summed E-state index contributed by atoms with van der Waals surface area (Å²) in [5.41, 5.74) is 2.30. The third-order valence-corrected chi connectivity index (χ3v) is 7.44. The Bertz CT molecular complexity index is 1110. The molecule has 3 rings (SSSR count). The number of ether oxygens (including phenoxy) is 1. The molecule has 1 amide bonds. The molecule has 0 saturated heterocycles. The minimum Gasteiger partial charge on any atom is -0.383 e. The van der Waals surface area contributed by atoms with Crippen LogP contribution in [0.1, 0.15) is 47.5 Å². The van der Waals surface area contributed by atoms with E-state index in [2.05, 4.69) is 33.9 Å². The van der Waals surface area contributed by atoms with Crippen LogP contribution in [-0.2, 0) is 9.53 Å². The highest BCUT2D eigenvalue weighted by Crippen LogP contribution is 2.34. The number of nitrogens with zero attached hydrogens (tertiary/aromatic N) is 3. The van der Waals surface area contributed by atoms with E-state index in [1.54, 1.807) is 31.4 Å². The highest BCUT2D eigenvalue weighted by molar-refractivity contribution is 6.30. The standard InChI is InChI=1S/C29H38ClFN4O3/c1-32-26-17-21(29(37)33-13-15-38-4)10-11-27(26)34(2)14-12-23(35(3)18-20-8-9-20)16-22(19-36)24-6-5-7-25(30)28(24)31/h5-7,10-11,17,19-20,22-23H,1,8-9,12-16,18H2,2-4H3,(H,33,37)/t22?,23-/m0/s1. The van der Waals surface area contributed by atoms with Gasteiger partial charge in [0.15, 0.2) is 0 Å². The summed E-state index contributed by atoms with van der Waals surface area (Å²) in [5.74, 6) is -0.639. The fourth-order valence-electron chi connectivity index (χ4n) is 4.68. The van der Waals surface area contributed by atoms with Crippen LogP contribution in [0.25, 0.3) is 0 Å². The van der Waals surface area contributed by atoms with E-state index in [0.29, 0.717) is 48.8 Å². The lowest BCUT2D eigenvalue weighted by molar-refractivity contribution is -0.109. The molecule has 0 radical (unpaired) electrons. The van der Waals surface area contributed by atoms with E-state index in [-0.39, 0.29) is 17.0 Å². The number of rotatable bonds is 16. The molecule has 0 heterocycles. The van der Waals surface area contributed by atoms with Gasteiger partial charge >= 0.3 is 0 Å². The number of nitrogens with one attached hydrogen (secondary N) is 1. The first-order chi connectivity index (χ1) is 18.3. The van der Waals surface area contributed by atoms with Crippen LogP contribution in [0.2, 0.25) is 5.02 Å². The van der Waals surface area contributed by atoms with Gasteiger partial charge in [-0.05, 0) is 75.2 Å². The largest absolute Gasteiger partial charge is 0.383 e. The minimum absolute atomic E-state index is 0.0252. The Hall–Kier alpha value is -2.81. The summed E-state index contributed by atoms with van der Waals surface area (Å²) in [4.78, 5) is 33.0. The Morgan fingerprint density at radius 3 is 2.74 bits per heavy atom. The number of anilines is 1. The normalized spacial score (nSPS) is 14.7. The maximum atomic E-state index is 14.7. The van der Waals surface area contributed by atoms with Crippen LogP contribution in [0, 0.1) is 11.7 Å². The number of amides is 1. The highest BCUT2D eigenvalue weighted by Gasteiger charge is 2.29. The Kier molecular flexibility index (Phi) is 11.2. The van der Waals surface area contributed by atoms with E-state index >= 15 is 0 Å². The molecule has 1 saturated carbocycles. The number of carbonyl (C=O) groups excluding carboxylic acids is 2. The quantitative estimate of drug-likeness (QED) is 0.181. The SMILES string of the molecule is C=Nc1cc(C(=O)NCCOC)ccc1N(C)CC[C@@H](CC(C=O)c1cccc(Cl)c1F)N(C)CC1CC1. The fourth-order valence-corrected chi connectivity index (χ4v) is 4.86. The van der Waals surface area contributed by atoms with Crippen molar-refractivity contribution in [3.63, 3.8) is 0 Å². The Labute approximate surface area is 230 Å². The number of hydrogen-bond donors (Lipinski definition) is 1. The Morgan fingerprint density at radius 2 is 2.08 bits per heavy atom. The first-order valence-corrected chi connectivity index (χ1v) is 13.3. The number of aldehydes is 1. The molecule has 9 heteroatoms. The van der Waals surface area contributed by atoms with Crippen molar-refractivity contribution in [3.8, 4) is 0 Å². The van der Waals surface area contributed by atoms with Crippen LogP contribution >= 0.6 is 11.6 Å². The fraction of sp³-hybridized carbons (Fsp3) is 0.483. The molecule has 0 spiro atoms. The zero-order chi connectivity index (χ0) is 27.7. The maximum absolute atomic E-state index is 14.7. The van der Waals surface area contributed by atoms with Crippen molar-refractivity contribution in [1.82, 2.24) is 10.2 Å². The van der Waals surface area contributed by atoms with E-state index < -0.39 is 11.7 Å². The molecule has 1 N–H and O–H groups in total. The zero-order valence-corrected chi connectivity index (χ0v) is 23.2. The molecule has 2 aromatic carbocycles. The van der Waals surface area contributed by atoms with E-state index in [1.807, 2.05) is 13.1 Å². The lowest BCUT2D eigenvalue weighted by atomic mass is 9.90. The van der Waals surface area contributed by atoms with Crippen molar-refractivity contribution in [1.29, 1.82) is 0 Å². The summed E-state index contributed by atoms with van der Waals surface area (Å²) in [6.45, 7) is 6.17. The summed E-state index contributed by atoms with van der Waals surface area (Å²) < 4.78 is 19.7. The van der Waals surface area contributed by atoms with Crippen LogP contribution < -0.4 is 10.2 Å². The van der Waals surface area contributed by atoms with E-state index in [9.17, 15) is 14.0 Å². The first-order valence-electron chi connectivity index (χ1n) is 13.0. The minimum atomic E-state index is -0.591. The van der Waals surface area contributed by atoms with Gasteiger partial charge in [-0.15, -0.1) is 0 Å². The lowest BCUT2D eigenvalue weighted by Gasteiger charge is -2.32. The first kappa shape index (κ1) is 29.7. The maximum Gasteiger partial charge on any atom is 0.251 e. The molecule has 0 bridgehead atoms. The summed E-state index contributed by atoms with van der Waals surface area (Å²) in [6, 6.07) is 10.2. The summed E-state index contributed by atoms with van der Waals surface area (Å²) in [7, 11) is 5.63. The number of methoxy groups -OCH3 is 1. The summed E-state index contributed by atoms with van der Waals surface area (Å²) in [6.07, 6.45) is 4.51. The molecule has 0 aromatic heterocycles. The summed E-state index contributed by atoms with van der Waals surface area (Å²) in [5, 5.41) is 2.83. The van der Waals surface area contributed by atoms with Crippen molar-refractivity contribution in [3.05, 3.63) is 58.4 Å². The molecule has 206 valence electrons. The number of carbonyl (C=O) groups is 2. The van der Waals surface area contributed by atoms with Gasteiger partial charge in [0.2, 0.25) is 0 Å². The van der Waals surface area contributed by atoms with Gasteiger partial charge in [-0.1, -0.05) is 23.7 Å². The molecule has 2 aromatic rings. The second kappa shape index (κ2) is 14.4. The lowest BCUT2D eigenvalue weighted by Crippen LogP contribution is -2.37. The van der Waals surface area contributed by atoms with Crippen LogP contribution in [0.3, 0.4) is 0 Å². The predicted molar refractivity (Wildman–Crippen MR) is 152 cm³/mol. The molecule has 2 atom stereocenters. The van der Waals surface area contributed by atoms with Gasteiger partial charge in [0.25, 0.3) is 5.91 Å². The molecule has 7 nitrogen and oxygen atoms in total. The third-order valence-electron chi connectivity index (χ3n) is 7.15. The second-order valence-electron chi connectivity index (χ2n) is 9.98. The number of halogens is 2. The average molecular weight is 545 g/mol. The van der Waals surface area contributed by atoms with Gasteiger partial charge in [-0.25, -0.2) is 4.39 Å². The second-order valence-corrected chi connectivity index (χ2v) is 10.4. The molecular formula is C29H38ClFN4O3. The van der Waals surface area contributed by atoms with E-state index in [4.69, 9.17) is 16.3 Å². The zero-order valence-electron chi connectivity index (χ0n) is 22.5. The number of benzene rings is 2. The van der Waals surface area contributed by atoms with Crippen molar-refractivity contribution in [2.75, 3.05) is 52.3 Å². The van der Waals surface area contributed by atoms with Gasteiger partial charge in [-0.2, -0.15) is 0 Å². The molecule has 1 aliphatic rings. The van der Waals surface area contributed by atoms with Crippen LogP contribution in [-0.4, -0.2) is 77.3 Å². The van der Waals surface area contributed by atoms with Crippen molar-refractivity contribution in [2.24, 2.45) is 10.9 Å². The van der Waals surface area contributed by atoms with Gasteiger partial charge in [0.1, 0.15) is 12.1 Å². The highest BCUT2D eigenvalue weighted by atomic mass is 35.5. The van der Waals surface area contributed by atoms with Gasteiger partial charge in [-0.3, -0.25) is 9.79 Å². The van der Waals surface area contributed by atoms with E-state index in [1.165, 1.54) is 18.9 Å². The predicted octanol–water partition coefficient (Wildman–Crippen LogP) is 5.10. The summed E-state index contributed by atoms with van der Waals surface area (Å²) >= 11 is 6.00. The monoisotopic (exact) mass is 544 g/mol. The van der Waals surface area contributed by atoms with Gasteiger partial charge in [0.05, 0.1) is 23.0 Å². The van der Waals surface area contributed by atoms with Crippen molar-refractivity contribution in [2.45, 2.75) is 37.6 Å². The van der Waals surface area contributed by atoms with E-state index in [0.717, 1.165) is 24.9 Å². The van der Waals surface area contributed by atoms with Crippen LogP contribution in [0.15, 0.2) is 41.4 Å². The Balaban J connectivity index is 1.73. The molecule has 1 aliphatic carbocycles. The third kappa shape index (κ3) is 8.09. The van der Waals surface area contributed by atoms with Gasteiger partial charge in [0, 0.05) is 51.3 Å². The number of hydrogen-bond acceptors (Lipinski definition) is 6. The molecule has 0 aliphatic heterocycles. The topological polar surface area (TPSA) is 74.2 Å². The average Bonchev–Trinajstić information content (AvgIpc) is 3.74. The van der Waals surface area contributed by atoms with Crippen LogP contribution in [0.4, 0.5) is 15.8 Å². The number of aliphatic imine (C=N–C) groups is 1. The molecular weight excluding hydrogens is 507 g/mol. The molecule has 1 fully saturated rings. The smallest absolute Gasteiger partial charge is 0.251 e. The Morgan fingerprint density at radius 1 is 1.32 bits per heavy atom.